The highest BCUT2D eigenvalue weighted by molar-refractivity contribution is 6.08. The summed E-state index contributed by atoms with van der Waals surface area (Å²) < 4.78 is 13.4. The van der Waals surface area contributed by atoms with Crippen LogP contribution in [0.15, 0.2) is 48.5 Å². The van der Waals surface area contributed by atoms with E-state index in [1.165, 1.54) is 10.8 Å². The predicted octanol–water partition coefficient (Wildman–Crippen LogP) is 4.44. The Kier molecular flexibility index (Phi) is 1.93. The lowest BCUT2D eigenvalue weighted by atomic mass is 9.99. The summed E-state index contributed by atoms with van der Waals surface area (Å²) in [5, 5.41) is 4.50. The van der Waals surface area contributed by atoms with E-state index in [0.29, 0.717) is 0 Å². The van der Waals surface area contributed by atoms with Crippen molar-refractivity contribution < 1.29 is 4.39 Å². The van der Waals surface area contributed by atoms with E-state index in [1.54, 1.807) is 6.07 Å². The van der Waals surface area contributed by atoms with Crippen LogP contribution in [-0.2, 0) is 0 Å². The molecule has 0 aliphatic heterocycles. The van der Waals surface area contributed by atoms with E-state index >= 15 is 0 Å². The van der Waals surface area contributed by atoms with Gasteiger partial charge in [0.2, 0.25) is 0 Å². The van der Waals surface area contributed by atoms with Crippen molar-refractivity contribution in [3.63, 3.8) is 0 Å². The van der Waals surface area contributed by atoms with Crippen molar-refractivity contribution in [2.24, 2.45) is 0 Å². The van der Waals surface area contributed by atoms with Gasteiger partial charge in [0.1, 0.15) is 5.82 Å². The monoisotopic (exact) mass is 210 g/mol. The summed E-state index contributed by atoms with van der Waals surface area (Å²) in [7, 11) is 0. The number of hydrogen-bond acceptors (Lipinski definition) is 0. The molecule has 0 N–H and O–H groups in total. The zero-order valence-electron chi connectivity index (χ0n) is 9.00. The highest BCUT2D eigenvalue weighted by atomic mass is 19.1. The first kappa shape index (κ1) is 9.34. The summed E-state index contributed by atoms with van der Waals surface area (Å²) in [6.07, 6.45) is 0. The van der Waals surface area contributed by atoms with Crippen molar-refractivity contribution >= 4 is 21.5 Å². The second kappa shape index (κ2) is 3.31. The van der Waals surface area contributed by atoms with E-state index in [2.05, 4.69) is 12.1 Å². The van der Waals surface area contributed by atoms with Crippen molar-refractivity contribution in [2.75, 3.05) is 0 Å². The molecule has 78 valence electrons. The van der Waals surface area contributed by atoms with Crippen molar-refractivity contribution in [2.45, 2.75) is 6.92 Å². The van der Waals surface area contributed by atoms with E-state index in [0.717, 1.165) is 16.3 Å². The van der Waals surface area contributed by atoms with Crippen LogP contribution in [0, 0.1) is 12.7 Å². The molecule has 0 aliphatic rings. The fourth-order valence-electron chi connectivity index (χ4n) is 2.21. The summed E-state index contributed by atoms with van der Waals surface area (Å²) in [5.41, 5.74) is 0.725. The van der Waals surface area contributed by atoms with Gasteiger partial charge in [-0.25, -0.2) is 4.39 Å². The van der Waals surface area contributed by atoms with Crippen LogP contribution < -0.4 is 0 Å². The molecule has 3 rings (SSSR count). The molecule has 0 heterocycles. The van der Waals surface area contributed by atoms with Gasteiger partial charge in [0.15, 0.2) is 0 Å². The summed E-state index contributed by atoms with van der Waals surface area (Å²) in [6, 6.07) is 15.6. The van der Waals surface area contributed by atoms with Crippen molar-refractivity contribution in [3.8, 4) is 0 Å². The van der Waals surface area contributed by atoms with Crippen LogP contribution in [0.2, 0.25) is 0 Å². The van der Waals surface area contributed by atoms with Crippen LogP contribution in [-0.4, -0.2) is 0 Å². The molecule has 0 bridgehead atoms. The molecule has 1 heteroatoms. The zero-order chi connectivity index (χ0) is 11.1. The molecule has 0 spiro atoms. The number of fused-ring (bicyclic) bond motifs is 3. The summed E-state index contributed by atoms with van der Waals surface area (Å²) in [5.74, 6) is -0.136. The van der Waals surface area contributed by atoms with Crippen molar-refractivity contribution in [1.82, 2.24) is 0 Å². The van der Waals surface area contributed by atoms with Gasteiger partial charge in [-0.15, -0.1) is 0 Å². The third-order valence-electron chi connectivity index (χ3n) is 3.13. The topological polar surface area (TPSA) is 0 Å². The Balaban J connectivity index is 2.58. The summed E-state index contributed by atoms with van der Waals surface area (Å²) >= 11 is 0. The molecule has 16 heavy (non-hydrogen) atoms. The molecule has 0 atom stereocenters. The first-order chi connectivity index (χ1) is 7.77. The van der Waals surface area contributed by atoms with Crippen LogP contribution >= 0.6 is 0 Å². The van der Waals surface area contributed by atoms with Gasteiger partial charge in [-0.2, -0.15) is 0 Å². The Morgan fingerprint density at radius 2 is 1.50 bits per heavy atom. The third-order valence-corrected chi connectivity index (χ3v) is 3.13. The number of rotatable bonds is 0. The van der Waals surface area contributed by atoms with Gasteiger partial charge < -0.3 is 0 Å². The molecule has 0 saturated heterocycles. The fourth-order valence-corrected chi connectivity index (χ4v) is 2.21. The van der Waals surface area contributed by atoms with Crippen LogP contribution in [0.4, 0.5) is 4.39 Å². The quantitative estimate of drug-likeness (QED) is 0.481. The maximum Gasteiger partial charge on any atom is 0.126 e. The lowest BCUT2D eigenvalue weighted by molar-refractivity contribution is 0.621. The molecule has 0 nitrogen and oxygen atoms in total. The first-order valence-corrected chi connectivity index (χ1v) is 5.34. The average Bonchev–Trinajstić information content (AvgIpc) is 2.33. The fraction of sp³-hybridized carbons (Fsp3) is 0.0667. The van der Waals surface area contributed by atoms with Crippen LogP contribution in [0.25, 0.3) is 21.5 Å². The third kappa shape index (κ3) is 1.21. The minimum atomic E-state index is -0.136. The van der Waals surface area contributed by atoms with Crippen LogP contribution in [0.5, 0.6) is 0 Å². The standard InChI is InChI=1S/C15H11F/c1-10-12-7-6-11-4-2-3-5-13(11)14(12)8-9-15(10)16/h2-9H,1H3. The van der Waals surface area contributed by atoms with E-state index in [4.69, 9.17) is 0 Å². The first-order valence-electron chi connectivity index (χ1n) is 5.34. The second-order valence-corrected chi connectivity index (χ2v) is 4.05. The molecule has 0 unspecified atom stereocenters. The van der Waals surface area contributed by atoms with Gasteiger partial charge in [0.25, 0.3) is 0 Å². The number of benzene rings is 3. The highest BCUT2D eigenvalue weighted by Gasteiger charge is 2.05. The smallest absolute Gasteiger partial charge is 0.126 e. The summed E-state index contributed by atoms with van der Waals surface area (Å²) in [6.45, 7) is 1.83. The molecule has 0 aliphatic carbocycles. The minimum absolute atomic E-state index is 0.136. The SMILES string of the molecule is Cc1c(F)ccc2c1ccc1ccccc12. The van der Waals surface area contributed by atoms with Crippen molar-refractivity contribution in [1.29, 1.82) is 0 Å². The zero-order valence-corrected chi connectivity index (χ0v) is 9.00. The lowest BCUT2D eigenvalue weighted by Gasteiger charge is -2.06. The van der Waals surface area contributed by atoms with Gasteiger partial charge in [0, 0.05) is 0 Å². The molecular weight excluding hydrogens is 199 g/mol. The average molecular weight is 210 g/mol. The van der Waals surface area contributed by atoms with E-state index < -0.39 is 0 Å². The predicted molar refractivity (Wildman–Crippen MR) is 66.1 cm³/mol. The molecule has 0 radical (unpaired) electrons. The maximum absolute atomic E-state index is 13.4. The normalized spacial score (nSPS) is 11.1. The van der Waals surface area contributed by atoms with E-state index in [9.17, 15) is 4.39 Å². The Morgan fingerprint density at radius 3 is 2.38 bits per heavy atom. The Hall–Kier alpha value is -1.89. The number of hydrogen-bond donors (Lipinski definition) is 0. The molecule has 0 aromatic heterocycles. The Bertz CT molecular complexity index is 683. The van der Waals surface area contributed by atoms with E-state index in [-0.39, 0.29) is 5.82 Å². The second-order valence-electron chi connectivity index (χ2n) is 4.05. The molecule has 3 aromatic carbocycles. The lowest BCUT2D eigenvalue weighted by Crippen LogP contribution is -1.85. The Labute approximate surface area is 93.3 Å². The number of aryl methyl sites for hydroxylation is 1. The molecule has 0 fully saturated rings. The summed E-state index contributed by atoms with van der Waals surface area (Å²) in [4.78, 5) is 0. The molecule has 3 aromatic rings. The molecule has 0 amide bonds. The van der Waals surface area contributed by atoms with Gasteiger partial charge in [-0.1, -0.05) is 42.5 Å². The van der Waals surface area contributed by atoms with Crippen molar-refractivity contribution in [3.05, 3.63) is 59.9 Å². The van der Waals surface area contributed by atoms with E-state index in [1.807, 2.05) is 37.3 Å². The largest absolute Gasteiger partial charge is 0.207 e. The van der Waals surface area contributed by atoms with Crippen LogP contribution in [0.1, 0.15) is 5.56 Å². The molecular formula is C15H11F. The molecule has 0 saturated carbocycles. The highest BCUT2D eigenvalue weighted by Crippen LogP contribution is 2.28. The number of halogens is 1. The van der Waals surface area contributed by atoms with Crippen LogP contribution in [0.3, 0.4) is 0 Å². The van der Waals surface area contributed by atoms with Gasteiger partial charge in [0.05, 0.1) is 0 Å². The van der Waals surface area contributed by atoms with Gasteiger partial charge in [-0.3, -0.25) is 0 Å². The Morgan fingerprint density at radius 1 is 0.750 bits per heavy atom. The maximum atomic E-state index is 13.4. The van der Waals surface area contributed by atoms with Gasteiger partial charge in [-0.05, 0) is 40.1 Å². The minimum Gasteiger partial charge on any atom is -0.207 e. The van der Waals surface area contributed by atoms with Gasteiger partial charge >= 0.3 is 0 Å².